The number of rotatable bonds is 42. The van der Waals surface area contributed by atoms with E-state index in [4.69, 9.17) is 18.5 Å². The van der Waals surface area contributed by atoms with Crippen LogP contribution in [0.15, 0.2) is 72.9 Å². The number of hydrogen-bond donors (Lipinski definition) is 0. The lowest BCUT2D eigenvalue weighted by Crippen LogP contribution is -2.37. The molecule has 0 bridgehead atoms. The lowest BCUT2D eigenvalue weighted by molar-refractivity contribution is -0.870. The number of carbonyl (C=O) groups excluding carboxylic acids is 3. The summed E-state index contributed by atoms with van der Waals surface area (Å²) in [6.07, 6.45) is 47.9. The minimum Gasteiger partial charge on any atom is -0.756 e. The quantitative estimate of drug-likeness (QED) is 0.0112. The molecule has 61 heavy (non-hydrogen) atoms. The second-order valence-corrected chi connectivity index (χ2v) is 18.2. The lowest BCUT2D eigenvalue weighted by atomic mass is 10.1. The SMILES string of the molecule is CCCCC/C=C\C/C=C\C/C=C\C=C\C(=O)CCCC(=O)OC[C@H](COP(=O)([O-])OCC[N+](C)(C)C)OC(=O)CCCCCCCCCCC/C=C\C/C=C\CCCCC. The standard InChI is InChI=1S/C50H86NO9P/c1-6-8-10-12-14-16-18-20-21-22-23-24-25-27-29-31-33-35-37-41-50(54)60-48(46-59-61(55,56)58-44-43-51(3,4)5)45-57-49(53)42-38-40-47(52)39-36-34-32-30-28-26-19-17-15-13-11-9-7-2/h14-17,20-21,26,28,32,34,36,39,48H,6-13,18-19,22-25,27,29-31,33,35,37-38,40-46H2,1-5H3/b16-14-,17-15-,21-20-,28-26-,34-32-,39-36+/t48-/m1/s1. The Morgan fingerprint density at radius 1 is 0.557 bits per heavy atom. The van der Waals surface area contributed by atoms with Crippen LogP contribution in [0.25, 0.3) is 0 Å². The summed E-state index contributed by atoms with van der Waals surface area (Å²) >= 11 is 0. The number of esters is 2. The summed E-state index contributed by atoms with van der Waals surface area (Å²) in [5.74, 6) is -1.21. The molecule has 10 nitrogen and oxygen atoms in total. The third kappa shape index (κ3) is 45.0. The average molecular weight is 876 g/mol. The van der Waals surface area contributed by atoms with E-state index in [0.717, 1.165) is 51.4 Å². The highest BCUT2D eigenvalue weighted by atomic mass is 31.2. The van der Waals surface area contributed by atoms with E-state index in [1.54, 1.807) is 6.08 Å². The Labute approximate surface area is 372 Å². The van der Waals surface area contributed by atoms with Crippen LogP contribution >= 0.6 is 7.82 Å². The van der Waals surface area contributed by atoms with Crippen molar-refractivity contribution in [1.29, 1.82) is 0 Å². The van der Waals surface area contributed by atoms with Gasteiger partial charge < -0.3 is 27.9 Å². The molecule has 350 valence electrons. The molecule has 0 amide bonds. The molecule has 0 heterocycles. The monoisotopic (exact) mass is 876 g/mol. The second-order valence-electron chi connectivity index (χ2n) is 16.8. The van der Waals surface area contributed by atoms with Crippen molar-refractivity contribution in [3.05, 3.63) is 72.9 Å². The summed E-state index contributed by atoms with van der Waals surface area (Å²) in [5.41, 5.74) is 0. The Kier molecular flexibility index (Phi) is 39.2. The van der Waals surface area contributed by atoms with Gasteiger partial charge in [0.15, 0.2) is 11.9 Å². The first-order valence-electron chi connectivity index (χ1n) is 23.6. The Hall–Kier alpha value is -2.88. The molecule has 11 heteroatoms. The van der Waals surface area contributed by atoms with Gasteiger partial charge in [-0.05, 0) is 76.7 Å². The number of ether oxygens (including phenoxy) is 2. The molecule has 0 aromatic rings. The van der Waals surface area contributed by atoms with Crippen LogP contribution in [-0.2, 0) is 37.5 Å². The van der Waals surface area contributed by atoms with Crippen LogP contribution in [0.2, 0.25) is 0 Å². The van der Waals surface area contributed by atoms with E-state index >= 15 is 0 Å². The molecule has 0 N–H and O–H groups in total. The number of quaternary nitrogens is 1. The van der Waals surface area contributed by atoms with Crippen molar-refractivity contribution < 1.29 is 46.8 Å². The maximum atomic E-state index is 12.7. The van der Waals surface area contributed by atoms with Crippen LogP contribution in [-0.4, -0.2) is 75.8 Å². The van der Waals surface area contributed by atoms with E-state index < -0.39 is 32.5 Å². The van der Waals surface area contributed by atoms with Crippen LogP contribution in [0.1, 0.15) is 174 Å². The molecule has 0 rings (SSSR count). The molecule has 2 atom stereocenters. The number of hydrogen-bond acceptors (Lipinski definition) is 9. The Bertz CT molecular complexity index is 1330. The Morgan fingerprint density at radius 3 is 1.61 bits per heavy atom. The zero-order chi connectivity index (χ0) is 45.1. The number of unbranched alkanes of at least 4 members (excludes halogenated alkanes) is 15. The zero-order valence-corrected chi connectivity index (χ0v) is 40.0. The molecule has 0 radical (unpaired) electrons. The minimum absolute atomic E-state index is 0.0162. The number of phosphoric acid groups is 1. The smallest absolute Gasteiger partial charge is 0.306 e. The van der Waals surface area contributed by atoms with Gasteiger partial charge in [0.2, 0.25) is 0 Å². The van der Waals surface area contributed by atoms with E-state index in [-0.39, 0.29) is 44.7 Å². The average Bonchev–Trinajstić information content (AvgIpc) is 3.21. The first-order chi connectivity index (χ1) is 29.4. The van der Waals surface area contributed by atoms with Crippen molar-refractivity contribution in [3.63, 3.8) is 0 Å². The number of phosphoric ester groups is 1. The van der Waals surface area contributed by atoms with E-state index in [1.165, 1.54) is 83.1 Å². The number of likely N-dealkylation sites (N-methyl/N-ethyl adjacent to an activating group) is 1. The molecular weight excluding hydrogens is 790 g/mol. The van der Waals surface area contributed by atoms with Crippen LogP contribution in [0.3, 0.4) is 0 Å². The molecule has 0 saturated carbocycles. The van der Waals surface area contributed by atoms with Crippen LogP contribution in [0.5, 0.6) is 0 Å². The van der Waals surface area contributed by atoms with E-state index in [2.05, 4.69) is 62.5 Å². The predicted molar refractivity (Wildman–Crippen MR) is 250 cm³/mol. The summed E-state index contributed by atoms with van der Waals surface area (Å²) in [4.78, 5) is 49.9. The Balaban J connectivity index is 4.51. The fraction of sp³-hybridized carbons (Fsp3) is 0.700. The van der Waals surface area contributed by atoms with Gasteiger partial charge in [0, 0.05) is 19.3 Å². The maximum Gasteiger partial charge on any atom is 0.306 e. The summed E-state index contributed by atoms with van der Waals surface area (Å²) in [5, 5.41) is 0. The lowest BCUT2D eigenvalue weighted by Gasteiger charge is -2.28. The molecular formula is C50H86NO9P. The molecule has 0 aromatic carbocycles. The van der Waals surface area contributed by atoms with Gasteiger partial charge in [0.05, 0.1) is 27.7 Å². The van der Waals surface area contributed by atoms with Crippen molar-refractivity contribution >= 4 is 25.5 Å². The van der Waals surface area contributed by atoms with Gasteiger partial charge in [-0.1, -0.05) is 151 Å². The highest BCUT2D eigenvalue weighted by molar-refractivity contribution is 7.45. The fourth-order valence-electron chi connectivity index (χ4n) is 5.93. The molecule has 0 aliphatic heterocycles. The van der Waals surface area contributed by atoms with E-state index in [0.29, 0.717) is 17.4 Å². The normalized spacial score (nSPS) is 14.1. The highest BCUT2D eigenvalue weighted by Crippen LogP contribution is 2.38. The van der Waals surface area contributed by atoms with Gasteiger partial charge in [-0.3, -0.25) is 18.9 Å². The highest BCUT2D eigenvalue weighted by Gasteiger charge is 2.22. The zero-order valence-electron chi connectivity index (χ0n) is 39.1. The van der Waals surface area contributed by atoms with Gasteiger partial charge in [-0.25, -0.2) is 0 Å². The summed E-state index contributed by atoms with van der Waals surface area (Å²) in [6, 6.07) is 0. The third-order valence-electron chi connectivity index (χ3n) is 9.68. The molecule has 0 aliphatic rings. The molecule has 1 unspecified atom stereocenters. The number of allylic oxidation sites excluding steroid dienone is 12. The topological polar surface area (TPSA) is 128 Å². The van der Waals surface area contributed by atoms with Gasteiger partial charge in [0.1, 0.15) is 19.8 Å². The molecule has 0 aromatic heterocycles. The molecule has 0 saturated heterocycles. The first-order valence-corrected chi connectivity index (χ1v) is 25.1. The summed E-state index contributed by atoms with van der Waals surface area (Å²) in [7, 11) is 1.03. The predicted octanol–water partition coefficient (Wildman–Crippen LogP) is 12.3. The van der Waals surface area contributed by atoms with Crippen LogP contribution < -0.4 is 4.89 Å². The van der Waals surface area contributed by atoms with Crippen molar-refractivity contribution in [1.82, 2.24) is 0 Å². The van der Waals surface area contributed by atoms with Crippen molar-refractivity contribution in [3.8, 4) is 0 Å². The molecule has 0 aliphatic carbocycles. The summed E-state index contributed by atoms with van der Waals surface area (Å²) < 4.78 is 33.7. The van der Waals surface area contributed by atoms with Crippen molar-refractivity contribution in [2.75, 3.05) is 47.5 Å². The maximum absolute atomic E-state index is 12.7. The number of ketones is 1. The third-order valence-corrected chi connectivity index (χ3v) is 10.6. The van der Waals surface area contributed by atoms with Gasteiger partial charge >= 0.3 is 11.9 Å². The van der Waals surface area contributed by atoms with Crippen LogP contribution in [0.4, 0.5) is 0 Å². The van der Waals surface area contributed by atoms with Crippen LogP contribution in [0, 0.1) is 0 Å². The van der Waals surface area contributed by atoms with Crippen molar-refractivity contribution in [2.45, 2.75) is 180 Å². The fourth-order valence-corrected chi connectivity index (χ4v) is 6.66. The van der Waals surface area contributed by atoms with Gasteiger partial charge in [-0.15, -0.1) is 0 Å². The van der Waals surface area contributed by atoms with Gasteiger partial charge in [0.25, 0.3) is 7.82 Å². The molecule has 0 fully saturated rings. The number of carbonyl (C=O) groups is 3. The second kappa shape index (κ2) is 41.1. The first kappa shape index (κ1) is 58.1. The van der Waals surface area contributed by atoms with E-state index in [9.17, 15) is 23.8 Å². The van der Waals surface area contributed by atoms with Gasteiger partial charge in [-0.2, -0.15) is 0 Å². The number of nitrogens with zero attached hydrogens (tertiary/aromatic N) is 1. The molecule has 0 spiro atoms. The van der Waals surface area contributed by atoms with Crippen molar-refractivity contribution in [2.24, 2.45) is 0 Å². The Morgan fingerprint density at radius 2 is 1.05 bits per heavy atom. The summed E-state index contributed by atoms with van der Waals surface area (Å²) in [6.45, 7) is 3.88. The van der Waals surface area contributed by atoms with E-state index in [1.807, 2.05) is 33.3 Å². The largest absolute Gasteiger partial charge is 0.756 e. The minimum atomic E-state index is -4.69.